The molecule has 0 saturated carbocycles. The highest BCUT2D eigenvalue weighted by molar-refractivity contribution is 6.08. The van der Waals surface area contributed by atoms with Crippen molar-refractivity contribution in [2.75, 3.05) is 21.3 Å². The summed E-state index contributed by atoms with van der Waals surface area (Å²) in [5.74, 6) is 1.34. The Balaban J connectivity index is 2.37. The summed E-state index contributed by atoms with van der Waals surface area (Å²) in [5.41, 5.74) is 1.63. The molecule has 0 aliphatic rings. The molecule has 0 aliphatic carbocycles. The van der Waals surface area contributed by atoms with Gasteiger partial charge in [-0.05, 0) is 35.3 Å². The van der Waals surface area contributed by atoms with Gasteiger partial charge in [-0.15, -0.1) is 0 Å². The van der Waals surface area contributed by atoms with Crippen LogP contribution in [0.25, 0.3) is 6.08 Å². The number of rotatable bonds is 6. The second kappa shape index (κ2) is 8.16. The third-order valence-corrected chi connectivity index (χ3v) is 4.23. The number of phenols is 1. The molecule has 0 radical (unpaired) electrons. The van der Waals surface area contributed by atoms with Gasteiger partial charge in [0.2, 0.25) is 0 Å². The fourth-order valence-corrected chi connectivity index (χ4v) is 2.74. The maximum absolute atomic E-state index is 12.7. The standard InChI is InChI=1S/C22H26O5/c1-22(2,3)16-12-15(18(24)13-20(16)26-5)17(23)9-7-14-8-10-19(25-4)21(11-14)27-6/h7-13,24H,1-6H3/b9-7+. The van der Waals surface area contributed by atoms with Gasteiger partial charge in [-0.3, -0.25) is 4.79 Å². The molecule has 144 valence electrons. The predicted molar refractivity (Wildman–Crippen MR) is 106 cm³/mol. The Morgan fingerprint density at radius 2 is 1.56 bits per heavy atom. The molecule has 27 heavy (non-hydrogen) atoms. The maximum Gasteiger partial charge on any atom is 0.189 e. The largest absolute Gasteiger partial charge is 0.507 e. The van der Waals surface area contributed by atoms with Gasteiger partial charge >= 0.3 is 0 Å². The lowest BCUT2D eigenvalue weighted by Crippen LogP contribution is -2.14. The van der Waals surface area contributed by atoms with Crippen molar-refractivity contribution in [1.29, 1.82) is 0 Å². The van der Waals surface area contributed by atoms with Crippen LogP contribution in [0.3, 0.4) is 0 Å². The van der Waals surface area contributed by atoms with Crippen LogP contribution in [0.5, 0.6) is 23.0 Å². The van der Waals surface area contributed by atoms with E-state index >= 15 is 0 Å². The van der Waals surface area contributed by atoms with Gasteiger partial charge in [0, 0.05) is 11.6 Å². The van der Waals surface area contributed by atoms with E-state index in [2.05, 4.69) is 0 Å². The zero-order valence-electron chi connectivity index (χ0n) is 16.6. The van der Waals surface area contributed by atoms with Crippen molar-refractivity contribution in [3.05, 3.63) is 53.1 Å². The quantitative estimate of drug-likeness (QED) is 0.594. The molecule has 0 saturated heterocycles. The minimum Gasteiger partial charge on any atom is -0.507 e. The number of methoxy groups -OCH3 is 3. The molecule has 0 fully saturated rings. The summed E-state index contributed by atoms with van der Waals surface area (Å²) >= 11 is 0. The van der Waals surface area contributed by atoms with E-state index in [0.29, 0.717) is 17.2 Å². The number of carbonyl (C=O) groups is 1. The molecule has 1 N–H and O–H groups in total. The van der Waals surface area contributed by atoms with Crippen molar-refractivity contribution in [2.45, 2.75) is 26.2 Å². The number of aromatic hydroxyl groups is 1. The van der Waals surface area contributed by atoms with Gasteiger partial charge in [0.1, 0.15) is 11.5 Å². The van der Waals surface area contributed by atoms with Crippen LogP contribution in [0.4, 0.5) is 0 Å². The molecule has 0 heterocycles. The van der Waals surface area contributed by atoms with E-state index in [1.165, 1.54) is 12.1 Å². The van der Waals surface area contributed by atoms with Crippen molar-refractivity contribution in [2.24, 2.45) is 0 Å². The average Bonchev–Trinajstić information content (AvgIpc) is 2.64. The van der Waals surface area contributed by atoms with Crippen LogP contribution in [0.1, 0.15) is 42.3 Å². The molecule has 0 spiro atoms. The summed E-state index contributed by atoms with van der Waals surface area (Å²) in [7, 11) is 4.67. The van der Waals surface area contributed by atoms with Crippen molar-refractivity contribution in [3.63, 3.8) is 0 Å². The monoisotopic (exact) mass is 370 g/mol. The molecule has 2 rings (SSSR count). The summed E-state index contributed by atoms with van der Waals surface area (Å²) in [4.78, 5) is 12.7. The Morgan fingerprint density at radius 3 is 2.11 bits per heavy atom. The van der Waals surface area contributed by atoms with Crippen molar-refractivity contribution in [1.82, 2.24) is 0 Å². The highest BCUT2D eigenvalue weighted by Crippen LogP contribution is 2.36. The summed E-state index contributed by atoms with van der Waals surface area (Å²) in [6, 6.07) is 8.54. The van der Waals surface area contributed by atoms with E-state index in [9.17, 15) is 9.90 Å². The van der Waals surface area contributed by atoms with Crippen LogP contribution in [0.2, 0.25) is 0 Å². The summed E-state index contributed by atoms with van der Waals surface area (Å²) in [6.07, 6.45) is 3.10. The second-order valence-corrected chi connectivity index (χ2v) is 7.13. The molecule has 0 bridgehead atoms. The number of ether oxygens (including phenoxy) is 3. The molecule has 2 aromatic rings. The molecule has 2 aromatic carbocycles. The van der Waals surface area contributed by atoms with E-state index in [4.69, 9.17) is 14.2 Å². The van der Waals surface area contributed by atoms with E-state index in [0.717, 1.165) is 11.1 Å². The number of phenolic OH excluding ortho intramolecular Hbond substituents is 1. The molecule has 0 unspecified atom stereocenters. The Hall–Kier alpha value is -2.95. The minimum absolute atomic E-state index is 0.109. The molecule has 0 atom stereocenters. The van der Waals surface area contributed by atoms with Crippen LogP contribution in [-0.2, 0) is 5.41 Å². The predicted octanol–water partition coefficient (Wildman–Crippen LogP) is 4.61. The zero-order valence-corrected chi connectivity index (χ0v) is 16.6. The third kappa shape index (κ3) is 4.61. The first-order valence-electron chi connectivity index (χ1n) is 8.57. The topological polar surface area (TPSA) is 65.0 Å². The minimum atomic E-state index is -0.296. The number of carbonyl (C=O) groups excluding carboxylic acids is 1. The lowest BCUT2D eigenvalue weighted by Gasteiger charge is -2.23. The summed E-state index contributed by atoms with van der Waals surface area (Å²) in [5, 5.41) is 10.3. The molecule has 5 heteroatoms. The van der Waals surface area contributed by atoms with E-state index in [1.807, 2.05) is 26.8 Å². The summed E-state index contributed by atoms with van der Waals surface area (Å²) < 4.78 is 15.8. The molecular weight excluding hydrogens is 344 g/mol. The maximum atomic E-state index is 12.7. The lowest BCUT2D eigenvalue weighted by atomic mass is 9.84. The van der Waals surface area contributed by atoms with Crippen LogP contribution in [0, 0.1) is 0 Å². The van der Waals surface area contributed by atoms with Gasteiger partial charge < -0.3 is 19.3 Å². The number of hydrogen-bond acceptors (Lipinski definition) is 5. The van der Waals surface area contributed by atoms with Crippen molar-refractivity contribution >= 4 is 11.9 Å². The molecule has 0 aromatic heterocycles. The van der Waals surface area contributed by atoms with Crippen LogP contribution in [0.15, 0.2) is 36.4 Å². The zero-order chi connectivity index (χ0) is 20.2. The van der Waals surface area contributed by atoms with E-state index < -0.39 is 0 Å². The highest BCUT2D eigenvalue weighted by atomic mass is 16.5. The van der Waals surface area contributed by atoms with Gasteiger partial charge in [0.25, 0.3) is 0 Å². The lowest BCUT2D eigenvalue weighted by molar-refractivity contribution is 0.104. The first-order chi connectivity index (χ1) is 12.7. The fourth-order valence-electron chi connectivity index (χ4n) is 2.74. The van der Waals surface area contributed by atoms with Gasteiger partial charge in [-0.25, -0.2) is 0 Å². The Morgan fingerprint density at radius 1 is 0.926 bits per heavy atom. The second-order valence-electron chi connectivity index (χ2n) is 7.13. The van der Waals surface area contributed by atoms with Crippen LogP contribution in [-0.4, -0.2) is 32.2 Å². The number of hydrogen-bond donors (Lipinski definition) is 1. The number of allylic oxidation sites excluding steroid dienone is 1. The molecule has 5 nitrogen and oxygen atoms in total. The van der Waals surface area contributed by atoms with Gasteiger partial charge in [-0.2, -0.15) is 0 Å². The first kappa shape index (κ1) is 20.4. The molecule has 0 amide bonds. The van der Waals surface area contributed by atoms with Gasteiger partial charge in [0.05, 0.1) is 26.9 Å². The summed E-state index contributed by atoms with van der Waals surface area (Å²) in [6.45, 7) is 6.07. The average molecular weight is 370 g/mol. The number of benzene rings is 2. The Bertz CT molecular complexity index is 860. The van der Waals surface area contributed by atoms with Crippen LogP contribution >= 0.6 is 0 Å². The Kier molecular flexibility index (Phi) is 6.16. The first-order valence-corrected chi connectivity index (χ1v) is 8.57. The SMILES string of the molecule is COc1ccc(/C=C/C(=O)c2cc(C(C)(C)C)c(OC)cc2O)cc1OC. The highest BCUT2D eigenvalue weighted by Gasteiger charge is 2.23. The van der Waals surface area contributed by atoms with Crippen molar-refractivity contribution in [3.8, 4) is 23.0 Å². The van der Waals surface area contributed by atoms with Crippen LogP contribution < -0.4 is 14.2 Å². The smallest absolute Gasteiger partial charge is 0.189 e. The van der Waals surface area contributed by atoms with E-state index in [1.54, 1.807) is 45.6 Å². The van der Waals surface area contributed by atoms with Crippen molar-refractivity contribution < 1.29 is 24.1 Å². The number of ketones is 1. The molecule has 0 aliphatic heterocycles. The third-order valence-electron chi connectivity index (χ3n) is 4.23. The van der Waals surface area contributed by atoms with Gasteiger partial charge in [-0.1, -0.05) is 32.9 Å². The fraction of sp³-hybridized carbons (Fsp3) is 0.318. The van der Waals surface area contributed by atoms with Gasteiger partial charge in [0.15, 0.2) is 17.3 Å². The van der Waals surface area contributed by atoms with E-state index in [-0.39, 0.29) is 22.5 Å². The normalized spacial score (nSPS) is 11.5. The Labute approximate surface area is 160 Å². The molecular formula is C22H26O5.